The molecule has 0 unspecified atom stereocenters. The molecule has 2 aliphatic carbocycles. The fourth-order valence-electron chi connectivity index (χ4n) is 5.26. The Bertz CT molecular complexity index is 715. The maximum atomic E-state index is 13.6. The Morgan fingerprint density at radius 1 is 0.704 bits per heavy atom. The molecule has 2 aromatic rings. The Hall–Kier alpha value is -2.09. The van der Waals surface area contributed by atoms with Gasteiger partial charge in [-0.3, -0.25) is 4.79 Å². The van der Waals surface area contributed by atoms with Gasteiger partial charge < -0.3 is 5.32 Å². The van der Waals surface area contributed by atoms with Crippen LogP contribution in [0.5, 0.6) is 0 Å². The largest absolute Gasteiger partial charge is 0.348 e. The molecular weight excluding hydrogens is 330 g/mol. The van der Waals surface area contributed by atoms with Crippen LogP contribution in [0.4, 0.5) is 0 Å². The van der Waals surface area contributed by atoms with Gasteiger partial charge in [-0.25, -0.2) is 0 Å². The van der Waals surface area contributed by atoms with Crippen LogP contribution >= 0.6 is 0 Å². The zero-order valence-electron chi connectivity index (χ0n) is 16.1. The van der Waals surface area contributed by atoms with Gasteiger partial charge in [-0.15, -0.1) is 0 Å². The molecule has 1 N–H and O–H groups in total. The van der Waals surface area contributed by atoms with E-state index in [0.717, 1.165) is 0 Å². The molecule has 2 aromatic carbocycles. The zero-order valence-corrected chi connectivity index (χ0v) is 16.1. The van der Waals surface area contributed by atoms with E-state index in [4.69, 9.17) is 0 Å². The number of nitrogens with one attached hydrogen (secondary N) is 1. The van der Waals surface area contributed by atoms with Gasteiger partial charge in [0.25, 0.3) is 0 Å². The number of carbonyl (C=O) groups is 1. The molecule has 0 heterocycles. The number of carbonyl (C=O) groups excluding carboxylic acids is 1. The predicted octanol–water partition coefficient (Wildman–Crippen LogP) is 6.01. The van der Waals surface area contributed by atoms with Gasteiger partial charge in [-0.05, 0) is 48.6 Å². The summed E-state index contributed by atoms with van der Waals surface area (Å²) in [6, 6.07) is 21.2. The Morgan fingerprint density at radius 2 is 1.19 bits per heavy atom. The topological polar surface area (TPSA) is 29.1 Å². The number of amides is 1. The summed E-state index contributed by atoms with van der Waals surface area (Å²) in [7, 11) is 0. The lowest BCUT2D eigenvalue weighted by Crippen LogP contribution is -2.38. The van der Waals surface area contributed by atoms with Crippen molar-refractivity contribution in [2.75, 3.05) is 0 Å². The fraction of sp³-hybridized carbons (Fsp3) is 0.480. The summed E-state index contributed by atoms with van der Waals surface area (Å²) in [4.78, 5) is 13.6. The van der Waals surface area contributed by atoms with Crippen LogP contribution in [-0.4, -0.2) is 5.91 Å². The van der Waals surface area contributed by atoms with Crippen LogP contribution in [0.3, 0.4) is 0 Å². The van der Waals surface area contributed by atoms with E-state index in [1.165, 1.54) is 62.5 Å². The van der Waals surface area contributed by atoms with Crippen molar-refractivity contribution in [2.45, 2.75) is 63.3 Å². The van der Waals surface area contributed by atoms with E-state index in [1.807, 2.05) is 6.07 Å². The lowest BCUT2D eigenvalue weighted by Gasteiger charge is -2.30. The highest BCUT2D eigenvalue weighted by Crippen LogP contribution is 2.40. The minimum Gasteiger partial charge on any atom is -0.348 e. The Labute approximate surface area is 163 Å². The van der Waals surface area contributed by atoms with Gasteiger partial charge in [0.05, 0.1) is 12.0 Å². The third-order valence-electron chi connectivity index (χ3n) is 6.64. The second-order valence-corrected chi connectivity index (χ2v) is 8.37. The lowest BCUT2D eigenvalue weighted by molar-refractivity contribution is -0.125. The average Bonchev–Trinajstić information content (AvgIpc) is 3.42. The standard InChI is InChI=1S/C25H31NO/c27-25(23(20-13-7-8-14-20)19-11-3-1-4-12-19)26-24(22-17-9-10-18-22)21-15-5-2-6-16-21/h1-6,11-12,15-16,20,22-24H,7-10,13-14,17-18H2,(H,26,27)/t23-,24+/m0/s1. The molecule has 1 amide bonds. The van der Waals surface area contributed by atoms with Crippen molar-refractivity contribution in [3.63, 3.8) is 0 Å². The highest BCUT2D eigenvalue weighted by Gasteiger charge is 2.35. The highest BCUT2D eigenvalue weighted by molar-refractivity contribution is 5.84. The molecule has 0 aliphatic heterocycles. The van der Waals surface area contributed by atoms with Gasteiger partial charge in [0, 0.05) is 0 Å². The summed E-state index contributed by atoms with van der Waals surface area (Å²) in [6.45, 7) is 0. The Balaban J connectivity index is 1.59. The van der Waals surface area contributed by atoms with E-state index in [0.29, 0.717) is 11.8 Å². The van der Waals surface area contributed by atoms with Crippen LogP contribution in [0, 0.1) is 11.8 Å². The first-order chi connectivity index (χ1) is 13.3. The van der Waals surface area contributed by atoms with E-state index < -0.39 is 0 Å². The van der Waals surface area contributed by atoms with Crippen LogP contribution in [0.2, 0.25) is 0 Å². The number of benzene rings is 2. The van der Waals surface area contributed by atoms with Crippen molar-refractivity contribution in [3.8, 4) is 0 Å². The van der Waals surface area contributed by atoms with Gasteiger partial charge in [0.15, 0.2) is 0 Å². The summed E-state index contributed by atoms with van der Waals surface area (Å²) in [5.74, 6) is 1.26. The number of hydrogen-bond donors (Lipinski definition) is 1. The summed E-state index contributed by atoms with van der Waals surface area (Å²) < 4.78 is 0. The molecule has 0 spiro atoms. The maximum absolute atomic E-state index is 13.6. The molecule has 2 fully saturated rings. The Morgan fingerprint density at radius 3 is 1.74 bits per heavy atom. The van der Waals surface area contributed by atoms with E-state index in [1.54, 1.807) is 0 Å². The second kappa shape index (κ2) is 8.73. The number of rotatable bonds is 6. The van der Waals surface area contributed by atoms with Crippen molar-refractivity contribution in [3.05, 3.63) is 71.8 Å². The van der Waals surface area contributed by atoms with Crippen molar-refractivity contribution in [1.29, 1.82) is 0 Å². The van der Waals surface area contributed by atoms with Crippen molar-refractivity contribution in [1.82, 2.24) is 5.32 Å². The van der Waals surface area contributed by atoms with Crippen molar-refractivity contribution in [2.24, 2.45) is 11.8 Å². The first-order valence-corrected chi connectivity index (χ1v) is 10.7. The third-order valence-corrected chi connectivity index (χ3v) is 6.64. The monoisotopic (exact) mass is 361 g/mol. The molecule has 2 heteroatoms. The normalized spacial score (nSPS) is 20.4. The molecule has 2 aliphatic rings. The maximum Gasteiger partial charge on any atom is 0.228 e. The van der Waals surface area contributed by atoms with Gasteiger partial charge >= 0.3 is 0 Å². The molecule has 0 radical (unpaired) electrons. The van der Waals surface area contributed by atoms with Gasteiger partial charge in [0.1, 0.15) is 0 Å². The summed E-state index contributed by atoms with van der Waals surface area (Å²) in [6.07, 6.45) is 9.87. The SMILES string of the molecule is O=C(N[C@H](c1ccccc1)C1CCCC1)[C@@H](c1ccccc1)C1CCCC1. The van der Waals surface area contributed by atoms with Crippen LogP contribution in [0.1, 0.15) is 74.5 Å². The smallest absolute Gasteiger partial charge is 0.228 e. The zero-order chi connectivity index (χ0) is 18.5. The van der Waals surface area contributed by atoms with Crippen LogP contribution in [0.15, 0.2) is 60.7 Å². The van der Waals surface area contributed by atoms with Crippen LogP contribution in [0.25, 0.3) is 0 Å². The summed E-state index contributed by atoms with van der Waals surface area (Å²) in [5, 5.41) is 3.51. The van der Waals surface area contributed by atoms with Crippen LogP contribution < -0.4 is 5.32 Å². The molecule has 2 saturated carbocycles. The van der Waals surface area contributed by atoms with Crippen molar-refractivity contribution >= 4 is 5.91 Å². The lowest BCUT2D eigenvalue weighted by atomic mass is 9.83. The van der Waals surface area contributed by atoms with Gasteiger partial charge in [-0.2, -0.15) is 0 Å². The van der Waals surface area contributed by atoms with Crippen molar-refractivity contribution < 1.29 is 4.79 Å². The Kier molecular flexibility index (Phi) is 5.91. The van der Waals surface area contributed by atoms with Gasteiger partial charge in [0.2, 0.25) is 5.91 Å². The summed E-state index contributed by atoms with van der Waals surface area (Å²) >= 11 is 0. The van der Waals surface area contributed by atoms with E-state index >= 15 is 0 Å². The summed E-state index contributed by atoms with van der Waals surface area (Å²) in [5.41, 5.74) is 2.44. The van der Waals surface area contributed by atoms with E-state index in [-0.39, 0.29) is 17.9 Å². The van der Waals surface area contributed by atoms with E-state index in [2.05, 4.69) is 59.9 Å². The fourth-order valence-corrected chi connectivity index (χ4v) is 5.26. The first kappa shape index (κ1) is 18.3. The third kappa shape index (κ3) is 4.26. The average molecular weight is 362 g/mol. The molecule has 0 bridgehead atoms. The first-order valence-electron chi connectivity index (χ1n) is 10.7. The van der Waals surface area contributed by atoms with E-state index in [9.17, 15) is 4.79 Å². The minimum atomic E-state index is -0.0127. The molecule has 2 atom stereocenters. The molecule has 142 valence electrons. The second-order valence-electron chi connectivity index (χ2n) is 8.37. The molecule has 0 aromatic heterocycles. The number of hydrogen-bond acceptors (Lipinski definition) is 1. The minimum absolute atomic E-state index is 0.0127. The molecule has 27 heavy (non-hydrogen) atoms. The van der Waals surface area contributed by atoms with Crippen LogP contribution in [-0.2, 0) is 4.79 Å². The predicted molar refractivity (Wildman–Crippen MR) is 110 cm³/mol. The highest BCUT2D eigenvalue weighted by atomic mass is 16.2. The molecule has 0 saturated heterocycles. The molecule has 4 rings (SSSR count). The van der Waals surface area contributed by atoms with Gasteiger partial charge in [-0.1, -0.05) is 86.3 Å². The quantitative estimate of drug-likeness (QED) is 0.671. The molecule has 2 nitrogen and oxygen atoms in total. The molecular formula is C25H31NO.